The predicted octanol–water partition coefficient (Wildman–Crippen LogP) is 10.3. The van der Waals surface area contributed by atoms with Gasteiger partial charge in [0.15, 0.2) is 4.34 Å². The molecule has 1 aliphatic rings. The summed E-state index contributed by atoms with van der Waals surface area (Å²) in [6, 6.07) is 44.8. The Bertz CT molecular complexity index is 2510. The van der Waals surface area contributed by atoms with Crippen molar-refractivity contribution >= 4 is 56.5 Å². The molecule has 2 heterocycles. The number of nitrogens with zero attached hydrogens (tertiary/aromatic N) is 3. The number of aliphatic hydroxyl groups is 1. The molecule has 1 N–H and O–H groups in total. The minimum absolute atomic E-state index is 0.0644. The monoisotopic (exact) mass is 747 g/mol. The van der Waals surface area contributed by atoms with Gasteiger partial charge in [-0.05, 0) is 82.9 Å². The minimum Gasteiger partial charge on any atom is -0.507 e. The van der Waals surface area contributed by atoms with Crippen molar-refractivity contribution in [1.29, 1.82) is 0 Å². The molecule has 8 rings (SSSR count). The van der Waals surface area contributed by atoms with Crippen LogP contribution in [-0.2, 0) is 21.9 Å². The quantitative estimate of drug-likeness (QED) is 0.0459. The van der Waals surface area contributed by atoms with E-state index in [1.807, 2.05) is 73.7 Å². The second-order valence-electron chi connectivity index (χ2n) is 12.7. The zero-order valence-corrected chi connectivity index (χ0v) is 30.7. The molecule has 0 radical (unpaired) electrons. The summed E-state index contributed by atoms with van der Waals surface area (Å²) in [5.41, 5.74) is 4.18. The number of hydrogen-bond donors (Lipinski definition) is 1. The van der Waals surface area contributed by atoms with E-state index in [9.17, 15) is 14.7 Å². The maximum absolute atomic E-state index is 14.0. The highest BCUT2D eigenvalue weighted by atomic mass is 32.2. The number of ketones is 1. The van der Waals surface area contributed by atoms with Gasteiger partial charge in [-0.3, -0.25) is 14.5 Å². The highest BCUT2D eigenvalue weighted by molar-refractivity contribution is 8.00. The summed E-state index contributed by atoms with van der Waals surface area (Å²) >= 11 is 2.73. The summed E-state index contributed by atoms with van der Waals surface area (Å²) in [5, 5.41) is 23.2. The van der Waals surface area contributed by atoms with E-state index in [2.05, 4.69) is 40.5 Å². The summed E-state index contributed by atoms with van der Waals surface area (Å²) in [7, 11) is 0. The molecule has 1 fully saturated rings. The molecule has 1 aliphatic heterocycles. The van der Waals surface area contributed by atoms with Crippen LogP contribution >= 0.6 is 23.1 Å². The second kappa shape index (κ2) is 15.4. The number of thioether (sulfide) groups is 1. The molecule has 0 saturated carbocycles. The SMILES string of the molecule is Cc1cccc(COc2ccc(/C(O)=C3\C(=O)C(=O)N(c4nnc(SCc5cccc6ccccc56)s4)C3c3cccc(Oc4ccccc4)c3)cc2)c1. The fourth-order valence-electron chi connectivity index (χ4n) is 6.47. The number of carbonyl (C=O) groups excluding carboxylic acids is 2. The Morgan fingerprint density at radius 2 is 1.52 bits per heavy atom. The first-order valence-electron chi connectivity index (χ1n) is 17.3. The van der Waals surface area contributed by atoms with Crippen LogP contribution in [0, 0.1) is 6.92 Å². The highest BCUT2D eigenvalue weighted by Gasteiger charge is 2.48. The average Bonchev–Trinajstić information content (AvgIpc) is 3.78. The van der Waals surface area contributed by atoms with E-state index < -0.39 is 17.7 Å². The Morgan fingerprint density at radius 3 is 2.35 bits per heavy atom. The van der Waals surface area contributed by atoms with Gasteiger partial charge in [0, 0.05) is 11.3 Å². The molecule has 266 valence electrons. The molecule has 0 spiro atoms. The van der Waals surface area contributed by atoms with Gasteiger partial charge in [-0.15, -0.1) is 10.2 Å². The number of benzene rings is 6. The van der Waals surface area contributed by atoms with Crippen LogP contribution in [0.15, 0.2) is 156 Å². The normalized spacial score (nSPS) is 15.1. The first-order valence-corrected chi connectivity index (χ1v) is 19.1. The summed E-state index contributed by atoms with van der Waals surface area (Å²) in [6.45, 7) is 2.41. The van der Waals surface area contributed by atoms with E-state index in [1.54, 1.807) is 48.5 Å². The lowest BCUT2D eigenvalue weighted by Gasteiger charge is -2.23. The predicted molar refractivity (Wildman–Crippen MR) is 213 cm³/mol. The van der Waals surface area contributed by atoms with E-state index in [-0.39, 0.29) is 16.5 Å². The molecular formula is C44H33N3O5S2. The fraction of sp³-hybridized carbons (Fsp3) is 0.0909. The lowest BCUT2D eigenvalue weighted by Crippen LogP contribution is -2.29. The standard InChI is InChI=1S/C44H33N3O5S2/c1-28-10-7-11-29(24-28)26-51-34-22-20-31(21-23-34)40(48)38-39(32-14-9-18-36(25-32)52-35-16-3-2-4-17-35)47(42(50)41(38)49)43-45-46-44(54-43)53-27-33-15-8-13-30-12-5-6-19-37(30)33/h2-25,39,48H,26-27H2,1H3/b40-38+. The van der Waals surface area contributed by atoms with Crippen molar-refractivity contribution in [3.63, 3.8) is 0 Å². The number of hydrogen-bond acceptors (Lipinski definition) is 9. The van der Waals surface area contributed by atoms with Crippen molar-refractivity contribution < 1.29 is 24.2 Å². The number of aromatic nitrogens is 2. The summed E-state index contributed by atoms with van der Waals surface area (Å²) < 4.78 is 12.8. The molecule has 1 unspecified atom stereocenters. The molecule has 8 nitrogen and oxygen atoms in total. The third kappa shape index (κ3) is 7.34. The average molecular weight is 748 g/mol. The van der Waals surface area contributed by atoms with Crippen LogP contribution in [0.4, 0.5) is 5.13 Å². The molecule has 0 bridgehead atoms. The van der Waals surface area contributed by atoms with E-state index in [1.165, 1.54) is 28.0 Å². The molecule has 1 saturated heterocycles. The molecule has 6 aromatic carbocycles. The third-order valence-electron chi connectivity index (χ3n) is 9.05. The van der Waals surface area contributed by atoms with Gasteiger partial charge in [-0.25, -0.2) is 0 Å². The molecule has 7 aromatic rings. The number of aliphatic hydroxyl groups excluding tert-OH is 1. The maximum Gasteiger partial charge on any atom is 0.301 e. The first kappa shape index (κ1) is 34.8. The van der Waals surface area contributed by atoms with Crippen molar-refractivity contribution in [2.24, 2.45) is 0 Å². The number of fused-ring (bicyclic) bond motifs is 1. The van der Waals surface area contributed by atoms with Crippen molar-refractivity contribution in [3.05, 3.63) is 179 Å². The number of aryl methyl sites for hydroxylation is 1. The number of carbonyl (C=O) groups is 2. The Hall–Kier alpha value is -6.23. The zero-order chi connectivity index (χ0) is 37.0. The lowest BCUT2D eigenvalue weighted by molar-refractivity contribution is -0.132. The molecule has 54 heavy (non-hydrogen) atoms. The van der Waals surface area contributed by atoms with Crippen molar-refractivity contribution in [1.82, 2.24) is 10.2 Å². The summed E-state index contributed by atoms with van der Waals surface area (Å²) in [6.07, 6.45) is 0. The molecular weight excluding hydrogens is 715 g/mol. The van der Waals surface area contributed by atoms with Gasteiger partial charge in [0.05, 0.1) is 11.6 Å². The Morgan fingerprint density at radius 1 is 0.778 bits per heavy atom. The molecule has 10 heteroatoms. The minimum atomic E-state index is -1.01. The maximum atomic E-state index is 14.0. The highest BCUT2D eigenvalue weighted by Crippen LogP contribution is 2.45. The van der Waals surface area contributed by atoms with E-state index in [0.717, 1.165) is 27.5 Å². The number of ether oxygens (including phenoxy) is 2. The lowest BCUT2D eigenvalue weighted by atomic mass is 9.95. The van der Waals surface area contributed by atoms with E-state index >= 15 is 0 Å². The summed E-state index contributed by atoms with van der Waals surface area (Å²) in [5.74, 6) is 0.423. The number of para-hydroxylation sites is 1. The van der Waals surface area contributed by atoms with Gasteiger partial charge in [-0.1, -0.05) is 126 Å². The first-order chi connectivity index (χ1) is 26.4. The van der Waals surface area contributed by atoms with Gasteiger partial charge >= 0.3 is 5.91 Å². The molecule has 1 atom stereocenters. The number of rotatable bonds is 11. The van der Waals surface area contributed by atoms with Crippen molar-refractivity contribution in [2.75, 3.05) is 4.90 Å². The number of Topliss-reactive ketones (excluding diaryl/α,β-unsaturated/α-hetero) is 1. The van der Waals surface area contributed by atoms with Gasteiger partial charge in [0.25, 0.3) is 5.78 Å². The van der Waals surface area contributed by atoms with Gasteiger partial charge in [0.1, 0.15) is 29.6 Å². The van der Waals surface area contributed by atoms with Gasteiger partial charge in [-0.2, -0.15) is 0 Å². The number of anilines is 1. The van der Waals surface area contributed by atoms with Crippen LogP contribution in [0.5, 0.6) is 17.2 Å². The topological polar surface area (TPSA) is 102 Å². The van der Waals surface area contributed by atoms with Crippen molar-refractivity contribution in [2.45, 2.75) is 29.7 Å². The van der Waals surface area contributed by atoms with Crippen LogP contribution in [0.3, 0.4) is 0 Å². The molecule has 1 amide bonds. The third-order valence-corrected chi connectivity index (χ3v) is 11.2. The van der Waals surface area contributed by atoms with Crippen LogP contribution in [0.25, 0.3) is 16.5 Å². The smallest absolute Gasteiger partial charge is 0.301 e. The van der Waals surface area contributed by atoms with Crippen LogP contribution < -0.4 is 14.4 Å². The Kier molecular flexibility index (Phi) is 9.93. The number of amides is 1. The van der Waals surface area contributed by atoms with Crippen molar-refractivity contribution in [3.8, 4) is 17.2 Å². The van der Waals surface area contributed by atoms with E-state index in [4.69, 9.17) is 9.47 Å². The molecule has 1 aromatic heterocycles. The Balaban J connectivity index is 1.12. The van der Waals surface area contributed by atoms with Crippen LogP contribution in [0.2, 0.25) is 0 Å². The fourth-order valence-corrected chi connectivity index (χ4v) is 8.34. The second-order valence-corrected chi connectivity index (χ2v) is 14.9. The van der Waals surface area contributed by atoms with E-state index in [0.29, 0.717) is 45.1 Å². The van der Waals surface area contributed by atoms with Gasteiger partial charge in [0.2, 0.25) is 5.13 Å². The Labute approximate surface area is 320 Å². The molecule has 0 aliphatic carbocycles. The van der Waals surface area contributed by atoms with Crippen LogP contribution in [0.1, 0.15) is 33.9 Å². The van der Waals surface area contributed by atoms with Crippen LogP contribution in [-0.4, -0.2) is 27.0 Å². The summed E-state index contributed by atoms with van der Waals surface area (Å²) in [4.78, 5) is 29.2. The largest absolute Gasteiger partial charge is 0.507 e. The van der Waals surface area contributed by atoms with Gasteiger partial charge < -0.3 is 14.6 Å². The zero-order valence-electron chi connectivity index (χ0n) is 29.1.